The second-order valence-electron chi connectivity index (χ2n) is 2.78. The molecule has 0 amide bonds. The summed E-state index contributed by atoms with van der Waals surface area (Å²) in [6.07, 6.45) is 0. The molecule has 0 saturated heterocycles. The van der Waals surface area contributed by atoms with Crippen LogP contribution in [0.25, 0.3) is 0 Å². The van der Waals surface area contributed by atoms with Crippen molar-refractivity contribution in [2.45, 2.75) is 6.92 Å². The van der Waals surface area contributed by atoms with E-state index < -0.39 is 10.3 Å². The van der Waals surface area contributed by atoms with Crippen LogP contribution in [0.2, 0.25) is 0 Å². The topological polar surface area (TPSA) is 115 Å². The molecule has 1 aromatic rings. The van der Waals surface area contributed by atoms with E-state index in [-0.39, 0.29) is 41.1 Å². The molecule has 86 valence electrons. The molecular weight excluding hydrogens is 257 g/mol. The van der Waals surface area contributed by atoms with E-state index in [2.05, 4.69) is 14.6 Å². The predicted molar refractivity (Wildman–Crippen MR) is 55.3 cm³/mol. The first-order valence-corrected chi connectivity index (χ1v) is 5.49. The van der Waals surface area contributed by atoms with Crippen LogP contribution in [0.5, 0.6) is 0 Å². The Kier molecular flexibility index (Phi) is 6.50. The number of nitrogens with zero attached hydrogens (tertiary/aromatic N) is 3. The van der Waals surface area contributed by atoms with Gasteiger partial charge >= 0.3 is 39.9 Å². The summed E-state index contributed by atoms with van der Waals surface area (Å²) in [5.41, 5.74) is 0.651. The van der Waals surface area contributed by atoms with E-state index in [1.165, 1.54) is 31.2 Å². The van der Waals surface area contributed by atoms with Crippen molar-refractivity contribution in [3.63, 3.8) is 0 Å². The van der Waals surface area contributed by atoms with Gasteiger partial charge in [-0.25, -0.2) is 0 Å². The molecule has 0 bridgehead atoms. The van der Waals surface area contributed by atoms with Crippen LogP contribution in [0.3, 0.4) is 0 Å². The van der Waals surface area contributed by atoms with Crippen molar-refractivity contribution >= 4 is 27.6 Å². The van der Waals surface area contributed by atoms with E-state index in [1.54, 1.807) is 0 Å². The van der Waals surface area contributed by atoms with Gasteiger partial charge in [-0.05, 0) is 41.6 Å². The Balaban J connectivity index is 0.00000256. The van der Waals surface area contributed by atoms with Crippen LogP contribution in [0.4, 0.5) is 11.4 Å². The maximum atomic E-state index is 10.6. The molecule has 0 spiro atoms. The smallest absolute Gasteiger partial charge is 0.862 e. The van der Waals surface area contributed by atoms with Gasteiger partial charge in [-0.3, -0.25) is 9.55 Å². The van der Waals surface area contributed by atoms with Crippen molar-refractivity contribution in [1.82, 2.24) is 0 Å². The van der Waals surface area contributed by atoms with Gasteiger partial charge < -0.3 is 5.11 Å². The van der Waals surface area contributed by atoms with E-state index in [0.717, 1.165) is 0 Å². The molecule has 0 unspecified atom stereocenters. The molecule has 0 fully saturated rings. The summed E-state index contributed by atoms with van der Waals surface area (Å²) in [5.74, 6) is -0.340. The van der Waals surface area contributed by atoms with Gasteiger partial charge in [-0.1, -0.05) is 0 Å². The molecule has 0 aliphatic carbocycles. The molecule has 0 aliphatic heterocycles. The first-order chi connectivity index (χ1) is 7.37. The molecule has 0 saturated carbocycles. The van der Waals surface area contributed by atoms with Gasteiger partial charge in [-0.15, -0.1) is 5.11 Å². The minimum Gasteiger partial charge on any atom is -0.862 e. The van der Waals surface area contributed by atoms with E-state index in [9.17, 15) is 13.5 Å². The van der Waals surface area contributed by atoms with Crippen LogP contribution >= 0.6 is 0 Å². The van der Waals surface area contributed by atoms with Gasteiger partial charge in [0.1, 0.15) is 0 Å². The Morgan fingerprint density at radius 1 is 1.24 bits per heavy atom. The quantitative estimate of drug-likeness (QED) is 0.223. The van der Waals surface area contributed by atoms with Crippen LogP contribution < -0.4 is 34.7 Å². The van der Waals surface area contributed by atoms with Crippen molar-refractivity contribution in [2.75, 3.05) is 0 Å². The zero-order chi connectivity index (χ0) is 12.2. The Hall–Kier alpha value is -0.800. The fourth-order valence-electron chi connectivity index (χ4n) is 0.874. The zero-order valence-electron chi connectivity index (χ0n) is 9.23. The molecule has 1 aromatic carbocycles. The summed E-state index contributed by atoms with van der Waals surface area (Å²) < 4.78 is 31.5. The fourth-order valence-corrected chi connectivity index (χ4v) is 1.07. The maximum absolute atomic E-state index is 10.6. The van der Waals surface area contributed by atoms with Gasteiger partial charge in [-0.2, -0.15) is 8.42 Å². The molecule has 0 aromatic heterocycles. The minimum atomic E-state index is -4.47. The average Bonchev–Trinajstić information content (AvgIpc) is 2.14. The second-order valence-corrected chi connectivity index (χ2v) is 3.84. The first kappa shape index (κ1) is 16.2. The van der Waals surface area contributed by atoms with Gasteiger partial charge in [0.25, 0.3) is 0 Å². The molecule has 17 heavy (non-hydrogen) atoms. The molecular formula is C8H8N3NaO4S. The van der Waals surface area contributed by atoms with E-state index in [4.69, 9.17) is 4.55 Å². The van der Waals surface area contributed by atoms with Crippen molar-refractivity contribution in [1.29, 1.82) is 0 Å². The average molecular weight is 265 g/mol. The molecule has 1 N–H and O–H groups in total. The summed E-state index contributed by atoms with van der Waals surface area (Å²) in [6.45, 7) is 1.31. The molecule has 1 rings (SSSR count). The fraction of sp³-hybridized carbons (Fsp3) is 0.125. The number of benzene rings is 1. The SMILES string of the molecule is CC([O-])=Nc1ccc(N=NS(=O)(=O)O)cc1.[Na+]. The minimum absolute atomic E-state index is 0. The van der Waals surface area contributed by atoms with Crippen LogP contribution in [0.1, 0.15) is 6.92 Å². The number of hydrogen-bond acceptors (Lipinski definition) is 5. The summed E-state index contributed by atoms with van der Waals surface area (Å²) in [6, 6.07) is 5.77. The predicted octanol–water partition coefficient (Wildman–Crippen LogP) is -2.01. The second kappa shape index (κ2) is 6.82. The largest absolute Gasteiger partial charge is 1.00 e. The summed E-state index contributed by atoms with van der Waals surface area (Å²) in [5, 5.41) is 13.9. The third-order valence-corrected chi connectivity index (χ3v) is 1.68. The van der Waals surface area contributed by atoms with Gasteiger partial charge in [0, 0.05) is 0 Å². The van der Waals surface area contributed by atoms with Crippen LogP contribution in [-0.2, 0) is 10.3 Å². The normalized spacial score (nSPS) is 12.5. The van der Waals surface area contributed by atoms with Crippen molar-refractivity contribution in [2.24, 2.45) is 14.6 Å². The van der Waals surface area contributed by atoms with Gasteiger partial charge in [0.05, 0.1) is 11.4 Å². The third-order valence-electron chi connectivity index (χ3n) is 1.40. The zero-order valence-corrected chi connectivity index (χ0v) is 12.0. The summed E-state index contributed by atoms with van der Waals surface area (Å²) in [7, 11) is -4.47. The Labute approximate surface area is 120 Å². The molecule has 7 nitrogen and oxygen atoms in total. The summed E-state index contributed by atoms with van der Waals surface area (Å²) in [4.78, 5) is 3.63. The van der Waals surface area contributed by atoms with Crippen molar-refractivity contribution < 1.29 is 47.6 Å². The molecule has 0 heterocycles. The number of aliphatic imine (C=N–C) groups is 1. The van der Waals surface area contributed by atoms with E-state index >= 15 is 0 Å². The Bertz CT molecular complexity index is 520. The first-order valence-electron chi connectivity index (χ1n) is 4.09. The molecule has 9 heteroatoms. The van der Waals surface area contributed by atoms with E-state index in [1.807, 2.05) is 0 Å². The summed E-state index contributed by atoms with van der Waals surface area (Å²) >= 11 is 0. The number of hydrogen-bond donors (Lipinski definition) is 1. The van der Waals surface area contributed by atoms with Gasteiger partial charge in [0.2, 0.25) is 0 Å². The monoisotopic (exact) mass is 265 g/mol. The van der Waals surface area contributed by atoms with Crippen molar-refractivity contribution in [3.8, 4) is 0 Å². The van der Waals surface area contributed by atoms with Crippen LogP contribution in [0.15, 0.2) is 38.9 Å². The standard InChI is InChI=1S/C8H9N3O4S.Na/c1-6(12)9-7-2-4-8(5-3-7)10-11-16(13,14)15;/h2-5H,1H3,(H,9,12)(H,13,14,15);/q;+1/p-1. The van der Waals surface area contributed by atoms with Crippen LogP contribution in [-0.4, -0.2) is 18.9 Å². The Morgan fingerprint density at radius 2 is 1.71 bits per heavy atom. The molecule has 0 atom stereocenters. The Morgan fingerprint density at radius 3 is 2.12 bits per heavy atom. The molecule has 0 aliphatic rings. The third kappa shape index (κ3) is 7.18. The molecule has 0 radical (unpaired) electrons. The van der Waals surface area contributed by atoms with E-state index in [0.29, 0.717) is 5.69 Å². The number of rotatable bonds is 3. The van der Waals surface area contributed by atoms with Gasteiger partial charge in [0.15, 0.2) is 0 Å². The maximum Gasteiger partial charge on any atom is 1.00 e. The van der Waals surface area contributed by atoms with Crippen LogP contribution in [0, 0.1) is 0 Å². The van der Waals surface area contributed by atoms with Crippen molar-refractivity contribution in [3.05, 3.63) is 24.3 Å².